The summed E-state index contributed by atoms with van der Waals surface area (Å²) in [6.45, 7) is 0.0329. The average molecular weight is 270 g/mol. The summed E-state index contributed by atoms with van der Waals surface area (Å²) in [5, 5.41) is 18.2. The van der Waals surface area contributed by atoms with Gasteiger partial charge in [0.25, 0.3) is 0 Å². The Labute approximate surface area is 118 Å². The van der Waals surface area contributed by atoms with Crippen LogP contribution in [0.25, 0.3) is 0 Å². The predicted octanol–water partition coefficient (Wildman–Crippen LogP) is 1.99. The van der Waals surface area contributed by atoms with E-state index < -0.39 is 0 Å². The van der Waals surface area contributed by atoms with E-state index in [4.69, 9.17) is 10.2 Å². The molecule has 0 aliphatic rings. The number of aliphatic hydroxyl groups is 2. The van der Waals surface area contributed by atoms with Gasteiger partial charge in [0.2, 0.25) is 0 Å². The normalized spacial score (nSPS) is 10.5. The van der Waals surface area contributed by atoms with Crippen molar-refractivity contribution in [2.75, 3.05) is 13.2 Å². The molecule has 0 amide bonds. The fourth-order valence-corrected chi connectivity index (χ4v) is 2.31. The zero-order chi connectivity index (χ0) is 14.4. The molecule has 0 spiro atoms. The van der Waals surface area contributed by atoms with Crippen molar-refractivity contribution < 1.29 is 15.0 Å². The van der Waals surface area contributed by atoms with Crippen molar-refractivity contribution in [3.63, 3.8) is 0 Å². The summed E-state index contributed by atoms with van der Waals surface area (Å²) in [6.07, 6.45) is 0.925. The van der Waals surface area contributed by atoms with Gasteiger partial charge < -0.3 is 10.2 Å². The highest BCUT2D eigenvalue weighted by Gasteiger charge is 2.15. The van der Waals surface area contributed by atoms with Gasteiger partial charge in [0.1, 0.15) is 0 Å². The first-order valence-electron chi connectivity index (χ1n) is 6.70. The molecule has 0 atom stereocenters. The van der Waals surface area contributed by atoms with E-state index in [1.54, 1.807) is 12.1 Å². The van der Waals surface area contributed by atoms with Crippen LogP contribution in [0.5, 0.6) is 0 Å². The third-order valence-corrected chi connectivity index (χ3v) is 3.29. The monoisotopic (exact) mass is 270 g/mol. The quantitative estimate of drug-likeness (QED) is 0.789. The molecule has 0 saturated heterocycles. The zero-order valence-corrected chi connectivity index (χ0v) is 11.2. The number of hydrogen-bond donors (Lipinski definition) is 2. The molecule has 0 bridgehead atoms. The lowest BCUT2D eigenvalue weighted by molar-refractivity contribution is 0.103. The van der Waals surface area contributed by atoms with Gasteiger partial charge in [-0.3, -0.25) is 4.79 Å². The minimum atomic E-state index is -0.0573. The van der Waals surface area contributed by atoms with Crippen LogP contribution in [0.1, 0.15) is 27.0 Å². The van der Waals surface area contributed by atoms with E-state index in [0.29, 0.717) is 24.0 Å². The van der Waals surface area contributed by atoms with Crippen molar-refractivity contribution in [1.82, 2.24) is 0 Å². The SMILES string of the molecule is O=C(c1ccccc1CCO)c1ccccc1CCO. The van der Waals surface area contributed by atoms with Crippen molar-refractivity contribution in [3.05, 3.63) is 70.8 Å². The summed E-state index contributed by atoms with van der Waals surface area (Å²) >= 11 is 0. The van der Waals surface area contributed by atoms with E-state index in [1.165, 1.54) is 0 Å². The van der Waals surface area contributed by atoms with E-state index in [1.807, 2.05) is 36.4 Å². The van der Waals surface area contributed by atoms with Crippen molar-refractivity contribution in [2.24, 2.45) is 0 Å². The molecule has 3 heteroatoms. The van der Waals surface area contributed by atoms with Gasteiger partial charge in [-0.2, -0.15) is 0 Å². The molecule has 0 aliphatic heterocycles. The number of ketones is 1. The van der Waals surface area contributed by atoms with Crippen LogP contribution in [0.4, 0.5) is 0 Å². The van der Waals surface area contributed by atoms with Gasteiger partial charge in [0.15, 0.2) is 5.78 Å². The molecule has 104 valence electrons. The van der Waals surface area contributed by atoms with Gasteiger partial charge in [-0.1, -0.05) is 48.5 Å². The lowest BCUT2D eigenvalue weighted by atomic mass is 9.93. The second-order valence-electron chi connectivity index (χ2n) is 4.59. The molecule has 2 aromatic rings. The minimum Gasteiger partial charge on any atom is -0.396 e. The first-order valence-corrected chi connectivity index (χ1v) is 6.70. The third kappa shape index (κ3) is 3.13. The van der Waals surface area contributed by atoms with Crippen molar-refractivity contribution >= 4 is 5.78 Å². The second-order valence-corrected chi connectivity index (χ2v) is 4.59. The molecular weight excluding hydrogens is 252 g/mol. The number of rotatable bonds is 6. The third-order valence-electron chi connectivity index (χ3n) is 3.29. The topological polar surface area (TPSA) is 57.5 Å². The molecule has 0 aliphatic carbocycles. The molecule has 2 aromatic carbocycles. The van der Waals surface area contributed by atoms with Gasteiger partial charge in [0, 0.05) is 24.3 Å². The van der Waals surface area contributed by atoms with E-state index in [0.717, 1.165) is 11.1 Å². The average Bonchev–Trinajstić information content (AvgIpc) is 2.48. The van der Waals surface area contributed by atoms with Crippen molar-refractivity contribution in [3.8, 4) is 0 Å². The van der Waals surface area contributed by atoms with E-state index >= 15 is 0 Å². The molecule has 0 fully saturated rings. The molecular formula is C17H18O3. The molecule has 20 heavy (non-hydrogen) atoms. The molecule has 0 aromatic heterocycles. The number of carbonyl (C=O) groups excluding carboxylic acids is 1. The molecule has 2 rings (SSSR count). The first-order chi connectivity index (χ1) is 9.77. The van der Waals surface area contributed by atoms with E-state index in [2.05, 4.69) is 0 Å². The first kappa shape index (κ1) is 14.4. The largest absolute Gasteiger partial charge is 0.396 e. The number of aliphatic hydroxyl groups excluding tert-OH is 2. The Morgan fingerprint density at radius 1 is 0.750 bits per heavy atom. The molecule has 0 unspecified atom stereocenters. The summed E-state index contributed by atoms with van der Waals surface area (Å²) in [4.78, 5) is 12.7. The maximum atomic E-state index is 12.7. The number of benzene rings is 2. The Morgan fingerprint density at radius 3 is 1.55 bits per heavy atom. The Balaban J connectivity index is 2.41. The summed E-state index contributed by atoms with van der Waals surface area (Å²) in [6, 6.07) is 14.6. The molecule has 3 nitrogen and oxygen atoms in total. The van der Waals surface area contributed by atoms with Gasteiger partial charge in [-0.25, -0.2) is 0 Å². The fourth-order valence-electron chi connectivity index (χ4n) is 2.31. The van der Waals surface area contributed by atoms with Gasteiger partial charge in [-0.15, -0.1) is 0 Å². The summed E-state index contributed by atoms with van der Waals surface area (Å²) in [5.74, 6) is -0.0573. The van der Waals surface area contributed by atoms with Gasteiger partial charge >= 0.3 is 0 Å². The highest BCUT2D eigenvalue weighted by molar-refractivity contribution is 6.10. The van der Waals surface area contributed by atoms with Crippen molar-refractivity contribution in [1.29, 1.82) is 0 Å². The molecule has 0 heterocycles. The molecule has 0 saturated carbocycles. The Kier molecular flexibility index (Phi) is 5.04. The van der Waals surface area contributed by atoms with E-state index in [9.17, 15) is 4.79 Å². The lowest BCUT2D eigenvalue weighted by Gasteiger charge is -2.11. The summed E-state index contributed by atoms with van der Waals surface area (Å²) < 4.78 is 0. The van der Waals surface area contributed by atoms with Crippen molar-refractivity contribution in [2.45, 2.75) is 12.8 Å². The maximum absolute atomic E-state index is 12.7. The zero-order valence-electron chi connectivity index (χ0n) is 11.2. The van der Waals surface area contributed by atoms with E-state index in [-0.39, 0.29) is 19.0 Å². The second kappa shape index (κ2) is 6.98. The fraction of sp³-hybridized carbons (Fsp3) is 0.235. The Morgan fingerprint density at radius 2 is 1.15 bits per heavy atom. The molecule has 2 N–H and O–H groups in total. The van der Waals surface area contributed by atoms with Crippen LogP contribution in [-0.4, -0.2) is 29.2 Å². The Bertz CT molecular complexity index is 539. The van der Waals surface area contributed by atoms with Crippen LogP contribution in [0, 0.1) is 0 Å². The summed E-state index contributed by atoms with van der Waals surface area (Å²) in [7, 11) is 0. The maximum Gasteiger partial charge on any atom is 0.193 e. The minimum absolute atomic E-state index is 0.0164. The van der Waals surface area contributed by atoms with Gasteiger partial charge in [-0.05, 0) is 24.0 Å². The van der Waals surface area contributed by atoms with Crippen LogP contribution in [0.15, 0.2) is 48.5 Å². The van der Waals surface area contributed by atoms with Crippen LogP contribution < -0.4 is 0 Å². The van der Waals surface area contributed by atoms with Crippen LogP contribution >= 0.6 is 0 Å². The van der Waals surface area contributed by atoms with Gasteiger partial charge in [0.05, 0.1) is 0 Å². The van der Waals surface area contributed by atoms with Crippen LogP contribution in [-0.2, 0) is 12.8 Å². The number of carbonyl (C=O) groups is 1. The summed E-state index contributed by atoms with van der Waals surface area (Å²) in [5.41, 5.74) is 2.93. The Hall–Kier alpha value is -1.97. The highest BCUT2D eigenvalue weighted by Crippen LogP contribution is 2.18. The molecule has 0 radical (unpaired) electrons. The van der Waals surface area contributed by atoms with Crippen LogP contribution in [0.3, 0.4) is 0 Å². The highest BCUT2D eigenvalue weighted by atomic mass is 16.3. The van der Waals surface area contributed by atoms with Crippen LogP contribution in [0.2, 0.25) is 0 Å². The number of hydrogen-bond acceptors (Lipinski definition) is 3. The predicted molar refractivity (Wildman–Crippen MR) is 77.9 cm³/mol. The standard InChI is InChI=1S/C17H18O3/c18-11-9-13-5-1-3-7-15(13)17(20)16-8-4-2-6-14(16)10-12-19/h1-8,18-19H,9-12H2. The smallest absolute Gasteiger partial charge is 0.193 e. The lowest BCUT2D eigenvalue weighted by Crippen LogP contribution is -2.10.